The van der Waals surface area contributed by atoms with Crippen molar-refractivity contribution in [1.82, 2.24) is 9.97 Å². The van der Waals surface area contributed by atoms with Crippen molar-refractivity contribution in [2.75, 3.05) is 0 Å². The molecular weight excluding hydrogens is 152 g/mol. The second kappa shape index (κ2) is 2.59. The van der Waals surface area contributed by atoms with E-state index in [4.69, 9.17) is 4.42 Å². The SMILES string of the molecule is CC(C)c1cnc2occc2n1. The van der Waals surface area contributed by atoms with Crippen molar-refractivity contribution < 1.29 is 4.42 Å². The molecule has 0 aliphatic carbocycles. The van der Waals surface area contributed by atoms with Crippen LogP contribution in [0.25, 0.3) is 11.2 Å². The maximum Gasteiger partial charge on any atom is 0.245 e. The van der Waals surface area contributed by atoms with Gasteiger partial charge in [-0.05, 0) is 5.92 Å². The Hall–Kier alpha value is -1.38. The Kier molecular flexibility index (Phi) is 1.57. The molecule has 12 heavy (non-hydrogen) atoms. The van der Waals surface area contributed by atoms with E-state index in [9.17, 15) is 0 Å². The number of fused-ring (bicyclic) bond motifs is 1. The summed E-state index contributed by atoms with van der Waals surface area (Å²) in [6.07, 6.45) is 3.37. The van der Waals surface area contributed by atoms with E-state index in [0.29, 0.717) is 11.6 Å². The van der Waals surface area contributed by atoms with Gasteiger partial charge >= 0.3 is 0 Å². The number of furan rings is 1. The lowest BCUT2D eigenvalue weighted by Crippen LogP contribution is -1.92. The summed E-state index contributed by atoms with van der Waals surface area (Å²) in [5.41, 5.74) is 2.45. The quantitative estimate of drug-likeness (QED) is 0.646. The molecule has 0 radical (unpaired) electrons. The van der Waals surface area contributed by atoms with Gasteiger partial charge in [-0.25, -0.2) is 9.97 Å². The molecular formula is C9H10N2O. The van der Waals surface area contributed by atoms with Crippen molar-refractivity contribution in [1.29, 1.82) is 0 Å². The van der Waals surface area contributed by atoms with Gasteiger partial charge in [-0.2, -0.15) is 0 Å². The molecule has 0 amide bonds. The lowest BCUT2D eigenvalue weighted by Gasteiger charge is -2.01. The fourth-order valence-corrected chi connectivity index (χ4v) is 1.05. The summed E-state index contributed by atoms with van der Waals surface area (Å²) in [5, 5.41) is 0. The zero-order chi connectivity index (χ0) is 8.55. The van der Waals surface area contributed by atoms with E-state index >= 15 is 0 Å². The zero-order valence-electron chi connectivity index (χ0n) is 7.11. The second-order valence-electron chi connectivity index (χ2n) is 3.06. The Labute approximate surface area is 70.4 Å². The summed E-state index contributed by atoms with van der Waals surface area (Å²) >= 11 is 0. The third-order valence-corrected chi connectivity index (χ3v) is 1.78. The molecule has 0 spiro atoms. The fourth-order valence-electron chi connectivity index (χ4n) is 1.05. The van der Waals surface area contributed by atoms with Crippen molar-refractivity contribution in [3.63, 3.8) is 0 Å². The standard InChI is InChI=1S/C9H10N2O/c1-6(2)8-5-10-9-7(11-8)3-4-12-9/h3-6H,1-2H3. The maximum atomic E-state index is 5.08. The van der Waals surface area contributed by atoms with Crippen LogP contribution in [-0.4, -0.2) is 9.97 Å². The first-order valence-electron chi connectivity index (χ1n) is 3.97. The van der Waals surface area contributed by atoms with Crippen LogP contribution in [0.1, 0.15) is 25.5 Å². The summed E-state index contributed by atoms with van der Waals surface area (Å²) in [6, 6.07) is 1.83. The van der Waals surface area contributed by atoms with Gasteiger partial charge in [0.05, 0.1) is 18.2 Å². The van der Waals surface area contributed by atoms with Gasteiger partial charge in [0, 0.05) is 6.07 Å². The highest BCUT2D eigenvalue weighted by atomic mass is 16.3. The van der Waals surface area contributed by atoms with E-state index in [2.05, 4.69) is 23.8 Å². The minimum atomic E-state index is 0.414. The molecule has 0 N–H and O–H groups in total. The highest BCUT2D eigenvalue weighted by Gasteiger charge is 2.04. The average molecular weight is 162 g/mol. The summed E-state index contributed by atoms with van der Waals surface area (Å²) in [6.45, 7) is 4.19. The molecule has 0 atom stereocenters. The molecule has 2 rings (SSSR count). The van der Waals surface area contributed by atoms with Gasteiger partial charge in [-0.3, -0.25) is 0 Å². The molecule has 2 heterocycles. The molecule has 2 aromatic heterocycles. The van der Waals surface area contributed by atoms with Crippen molar-refractivity contribution in [3.05, 3.63) is 24.2 Å². The van der Waals surface area contributed by atoms with Crippen LogP contribution >= 0.6 is 0 Å². The van der Waals surface area contributed by atoms with Crippen LogP contribution in [0.15, 0.2) is 22.9 Å². The van der Waals surface area contributed by atoms with E-state index in [1.807, 2.05) is 6.07 Å². The van der Waals surface area contributed by atoms with Crippen LogP contribution in [0.3, 0.4) is 0 Å². The minimum Gasteiger partial charge on any atom is -0.445 e. The molecule has 2 aromatic rings. The minimum absolute atomic E-state index is 0.414. The summed E-state index contributed by atoms with van der Waals surface area (Å²) in [7, 11) is 0. The first-order chi connectivity index (χ1) is 5.77. The van der Waals surface area contributed by atoms with Crippen LogP contribution in [0.4, 0.5) is 0 Å². The normalized spacial score (nSPS) is 11.2. The van der Waals surface area contributed by atoms with Gasteiger partial charge in [0.2, 0.25) is 5.71 Å². The number of nitrogens with zero attached hydrogens (tertiary/aromatic N) is 2. The van der Waals surface area contributed by atoms with Gasteiger partial charge < -0.3 is 4.42 Å². The lowest BCUT2D eigenvalue weighted by molar-refractivity contribution is 0.601. The summed E-state index contributed by atoms with van der Waals surface area (Å²) in [5.74, 6) is 0.414. The molecule has 0 bridgehead atoms. The van der Waals surface area contributed by atoms with Gasteiger partial charge in [0.15, 0.2) is 0 Å². The van der Waals surface area contributed by atoms with Crippen LogP contribution in [-0.2, 0) is 0 Å². The van der Waals surface area contributed by atoms with Gasteiger partial charge in [0.25, 0.3) is 0 Å². The number of aromatic nitrogens is 2. The predicted octanol–water partition coefficient (Wildman–Crippen LogP) is 2.35. The van der Waals surface area contributed by atoms with E-state index < -0.39 is 0 Å². The topological polar surface area (TPSA) is 38.9 Å². The van der Waals surface area contributed by atoms with Gasteiger partial charge in [-0.15, -0.1) is 0 Å². The van der Waals surface area contributed by atoms with Gasteiger partial charge in [0.1, 0.15) is 5.52 Å². The average Bonchev–Trinajstić information content (AvgIpc) is 2.49. The van der Waals surface area contributed by atoms with E-state index in [1.54, 1.807) is 12.5 Å². The molecule has 0 fully saturated rings. The summed E-state index contributed by atoms with van der Waals surface area (Å²) in [4.78, 5) is 8.51. The van der Waals surface area contributed by atoms with Crippen LogP contribution in [0.2, 0.25) is 0 Å². The number of hydrogen-bond donors (Lipinski definition) is 0. The molecule has 0 aromatic carbocycles. The fraction of sp³-hybridized carbons (Fsp3) is 0.333. The first kappa shape index (κ1) is 7.28. The highest BCUT2D eigenvalue weighted by molar-refractivity contribution is 5.67. The highest BCUT2D eigenvalue weighted by Crippen LogP contribution is 2.15. The molecule has 3 nitrogen and oxygen atoms in total. The smallest absolute Gasteiger partial charge is 0.245 e. The van der Waals surface area contributed by atoms with Gasteiger partial charge in [-0.1, -0.05) is 13.8 Å². The van der Waals surface area contributed by atoms with E-state index in [-0.39, 0.29) is 0 Å². The molecule has 0 saturated carbocycles. The van der Waals surface area contributed by atoms with Crippen molar-refractivity contribution >= 4 is 11.2 Å². The lowest BCUT2D eigenvalue weighted by atomic mass is 10.1. The third-order valence-electron chi connectivity index (χ3n) is 1.78. The molecule has 0 aliphatic rings. The Morgan fingerprint density at radius 3 is 3.00 bits per heavy atom. The maximum absolute atomic E-state index is 5.08. The molecule has 3 heteroatoms. The third kappa shape index (κ3) is 1.07. The molecule has 0 unspecified atom stereocenters. The first-order valence-corrected chi connectivity index (χ1v) is 3.97. The molecule has 62 valence electrons. The van der Waals surface area contributed by atoms with Crippen LogP contribution < -0.4 is 0 Å². The van der Waals surface area contributed by atoms with Crippen molar-refractivity contribution in [2.24, 2.45) is 0 Å². The number of hydrogen-bond acceptors (Lipinski definition) is 3. The van der Waals surface area contributed by atoms with E-state index in [1.165, 1.54) is 0 Å². The zero-order valence-corrected chi connectivity index (χ0v) is 7.11. The van der Waals surface area contributed by atoms with Crippen LogP contribution in [0, 0.1) is 0 Å². The Morgan fingerprint density at radius 2 is 2.25 bits per heavy atom. The Morgan fingerprint density at radius 1 is 1.42 bits per heavy atom. The largest absolute Gasteiger partial charge is 0.445 e. The van der Waals surface area contributed by atoms with Crippen LogP contribution in [0.5, 0.6) is 0 Å². The van der Waals surface area contributed by atoms with Crippen molar-refractivity contribution in [2.45, 2.75) is 19.8 Å². The number of rotatable bonds is 1. The second-order valence-corrected chi connectivity index (χ2v) is 3.06. The monoisotopic (exact) mass is 162 g/mol. The molecule has 0 saturated heterocycles. The molecule has 0 aliphatic heterocycles. The predicted molar refractivity (Wildman–Crippen MR) is 45.9 cm³/mol. The Balaban J connectivity index is 2.60. The Bertz CT molecular complexity index is 392. The van der Waals surface area contributed by atoms with Crippen molar-refractivity contribution in [3.8, 4) is 0 Å². The summed E-state index contributed by atoms with van der Waals surface area (Å²) < 4.78 is 5.08. The van der Waals surface area contributed by atoms with E-state index in [0.717, 1.165) is 11.2 Å².